The van der Waals surface area contributed by atoms with Crippen LogP contribution in [0.1, 0.15) is 47.5 Å². The van der Waals surface area contributed by atoms with Gasteiger partial charge in [-0.15, -0.1) is 0 Å². The molecule has 0 aromatic carbocycles. The second-order valence-corrected chi connectivity index (χ2v) is 6.11. The van der Waals surface area contributed by atoms with Crippen molar-refractivity contribution in [2.24, 2.45) is 5.92 Å². The van der Waals surface area contributed by atoms with Crippen molar-refractivity contribution in [2.75, 3.05) is 0 Å². The van der Waals surface area contributed by atoms with Gasteiger partial charge < -0.3 is 15.2 Å². The Morgan fingerprint density at radius 2 is 2.00 bits per heavy atom. The molecule has 0 fully saturated rings. The van der Waals surface area contributed by atoms with E-state index in [1.165, 1.54) is 0 Å². The van der Waals surface area contributed by atoms with Gasteiger partial charge in [-0.1, -0.05) is 26.8 Å². The molecule has 5 nitrogen and oxygen atoms in total. The van der Waals surface area contributed by atoms with E-state index < -0.39 is 23.8 Å². The summed E-state index contributed by atoms with van der Waals surface area (Å²) in [6.07, 6.45) is 0.0952. The molecule has 2 unspecified atom stereocenters. The molecule has 0 aromatic rings. The van der Waals surface area contributed by atoms with Gasteiger partial charge in [-0.3, -0.25) is 4.79 Å². The Morgan fingerprint density at radius 1 is 1.45 bits per heavy atom. The Bertz CT molecular complexity index is 346. The van der Waals surface area contributed by atoms with Gasteiger partial charge in [-0.2, -0.15) is 0 Å². The molecule has 0 saturated heterocycles. The first-order valence-corrected chi connectivity index (χ1v) is 6.91. The van der Waals surface area contributed by atoms with E-state index in [1.807, 2.05) is 13.8 Å². The van der Waals surface area contributed by atoms with E-state index in [2.05, 4.69) is 11.9 Å². The lowest BCUT2D eigenvalue weighted by atomic mass is 9.91. The van der Waals surface area contributed by atoms with Gasteiger partial charge in [0.2, 0.25) is 0 Å². The standard InChI is InChI=1S/C15H27NO4/c1-7-11(3)13(12(18)8-10(2)9-17)16-14(19)20-15(4,5)6/h9,11-13,18H,2,7-8H2,1,3-6H3,(H,16,19)/t11?,12?,13-/m0/s1. The van der Waals surface area contributed by atoms with Crippen molar-refractivity contribution < 1.29 is 19.4 Å². The predicted molar refractivity (Wildman–Crippen MR) is 78.4 cm³/mol. The third kappa shape index (κ3) is 7.28. The number of hydrogen-bond donors (Lipinski definition) is 2. The summed E-state index contributed by atoms with van der Waals surface area (Å²) < 4.78 is 5.19. The highest BCUT2D eigenvalue weighted by Crippen LogP contribution is 2.17. The van der Waals surface area contributed by atoms with Crippen LogP contribution in [0.2, 0.25) is 0 Å². The van der Waals surface area contributed by atoms with E-state index in [9.17, 15) is 14.7 Å². The Kier molecular flexibility index (Phi) is 7.50. The van der Waals surface area contributed by atoms with Gasteiger partial charge in [0.25, 0.3) is 0 Å². The summed E-state index contributed by atoms with van der Waals surface area (Å²) in [5.74, 6) is 0.0528. The average molecular weight is 285 g/mol. The van der Waals surface area contributed by atoms with E-state index in [0.717, 1.165) is 6.42 Å². The Labute approximate surface area is 121 Å². The quantitative estimate of drug-likeness (QED) is 0.556. The topological polar surface area (TPSA) is 75.6 Å². The maximum Gasteiger partial charge on any atom is 0.407 e. The summed E-state index contributed by atoms with van der Waals surface area (Å²) >= 11 is 0. The number of aldehydes is 1. The largest absolute Gasteiger partial charge is 0.444 e. The molecule has 0 aliphatic rings. The number of amides is 1. The second kappa shape index (κ2) is 8.04. The number of alkyl carbamates (subject to hydrolysis) is 1. The molecule has 0 aliphatic heterocycles. The van der Waals surface area contributed by atoms with Crippen LogP contribution in [0.5, 0.6) is 0 Å². The first-order chi connectivity index (χ1) is 9.10. The summed E-state index contributed by atoms with van der Waals surface area (Å²) in [4.78, 5) is 22.4. The van der Waals surface area contributed by atoms with Gasteiger partial charge >= 0.3 is 6.09 Å². The minimum atomic E-state index is -0.866. The molecule has 5 heteroatoms. The van der Waals surface area contributed by atoms with Gasteiger partial charge in [-0.25, -0.2) is 4.79 Å². The van der Waals surface area contributed by atoms with E-state index >= 15 is 0 Å². The van der Waals surface area contributed by atoms with Crippen LogP contribution in [0, 0.1) is 5.92 Å². The lowest BCUT2D eigenvalue weighted by Crippen LogP contribution is -2.49. The minimum Gasteiger partial charge on any atom is -0.444 e. The van der Waals surface area contributed by atoms with E-state index in [-0.39, 0.29) is 12.3 Å². The fraction of sp³-hybridized carbons (Fsp3) is 0.733. The summed E-state index contributed by atoms with van der Waals surface area (Å²) in [6, 6.07) is -0.480. The van der Waals surface area contributed by atoms with Crippen molar-refractivity contribution in [3.63, 3.8) is 0 Å². The molecule has 0 aliphatic carbocycles. The number of carbonyl (C=O) groups excluding carboxylic acids is 2. The molecule has 0 radical (unpaired) electrons. The molecule has 0 heterocycles. The zero-order valence-corrected chi connectivity index (χ0v) is 13.1. The summed E-state index contributed by atoms with van der Waals surface area (Å²) in [5, 5.41) is 12.9. The number of rotatable bonds is 7. The molecule has 20 heavy (non-hydrogen) atoms. The number of carbonyl (C=O) groups is 2. The van der Waals surface area contributed by atoms with E-state index in [0.29, 0.717) is 11.9 Å². The van der Waals surface area contributed by atoms with E-state index in [1.54, 1.807) is 20.8 Å². The highest BCUT2D eigenvalue weighted by Gasteiger charge is 2.28. The smallest absolute Gasteiger partial charge is 0.407 e. The van der Waals surface area contributed by atoms with Crippen LogP contribution in [0.3, 0.4) is 0 Å². The molecule has 0 rings (SSSR count). The third-order valence-electron chi connectivity index (χ3n) is 2.99. The molecule has 116 valence electrons. The van der Waals surface area contributed by atoms with Gasteiger partial charge in [0.05, 0.1) is 12.1 Å². The molecular weight excluding hydrogens is 258 g/mol. The molecule has 0 aromatic heterocycles. The van der Waals surface area contributed by atoms with Crippen LogP contribution in [0.15, 0.2) is 12.2 Å². The Balaban J connectivity index is 4.76. The minimum absolute atomic E-state index is 0.0528. The molecular formula is C15H27NO4. The van der Waals surface area contributed by atoms with Crippen LogP contribution >= 0.6 is 0 Å². The zero-order valence-electron chi connectivity index (χ0n) is 13.1. The number of ether oxygens (including phenoxy) is 1. The second-order valence-electron chi connectivity index (χ2n) is 6.11. The molecule has 0 bridgehead atoms. The normalized spacial score (nSPS) is 15.9. The third-order valence-corrected chi connectivity index (χ3v) is 2.99. The molecule has 0 saturated carbocycles. The van der Waals surface area contributed by atoms with Gasteiger partial charge in [0.15, 0.2) is 0 Å². The van der Waals surface area contributed by atoms with Gasteiger partial charge in [0.1, 0.15) is 11.9 Å². The van der Waals surface area contributed by atoms with Crippen LogP contribution < -0.4 is 5.32 Å². The lowest BCUT2D eigenvalue weighted by molar-refractivity contribution is -0.105. The Morgan fingerprint density at radius 3 is 2.40 bits per heavy atom. The maximum absolute atomic E-state index is 11.8. The summed E-state index contributed by atoms with van der Waals surface area (Å²) in [5.41, 5.74) is -0.293. The maximum atomic E-state index is 11.8. The van der Waals surface area contributed by atoms with Crippen LogP contribution in [0.4, 0.5) is 4.79 Å². The first-order valence-electron chi connectivity index (χ1n) is 6.91. The lowest BCUT2D eigenvalue weighted by Gasteiger charge is -2.30. The monoisotopic (exact) mass is 285 g/mol. The predicted octanol–water partition coefficient (Wildman–Crippen LogP) is 2.43. The fourth-order valence-corrected chi connectivity index (χ4v) is 1.76. The number of aliphatic hydroxyl groups is 1. The van der Waals surface area contributed by atoms with Gasteiger partial charge in [0, 0.05) is 6.42 Å². The van der Waals surface area contributed by atoms with E-state index in [4.69, 9.17) is 4.74 Å². The van der Waals surface area contributed by atoms with Crippen molar-refractivity contribution in [1.82, 2.24) is 5.32 Å². The number of nitrogens with one attached hydrogen (secondary N) is 1. The number of aliphatic hydroxyl groups excluding tert-OH is 1. The zero-order chi connectivity index (χ0) is 15.9. The molecule has 0 spiro atoms. The van der Waals surface area contributed by atoms with Crippen molar-refractivity contribution in [3.05, 3.63) is 12.2 Å². The first kappa shape index (κ1) is 18.6. The molecule has 2 N–H and O–H groups in total. The molecule has 1 amide bonds. The SMILES string of the molecule is C=C(C=O)CC(O)[C@@H](NC(=O)OC(C)(C)C)C(C)CC. The fourth-order valence-electron chi connectivity index (χ4n) is 1.76. The Hall–Kier alpha value is -1.36. The highest BCUT2D eigenvalue weighted by atomic mass is 16.6. The van der Waals surface area contributed by atoms with Gasteiger partial charge in [-0.05, 0) is 32.3 Å². The number of hydrogen-bond acceptors (Lipinski definition) is 4. The summed E-state index contributed by atoms with van der Waals surface area (Å²) in [7, 11) is 0. The highest BCUT2D eigenvalue weighted by molar-refractivity contribution is 5.72. The summed E-state index contributed by atoms with van der Waals surface area (Å²) in [6.45, 7) is 12.8. The average Bonchev–Trinajstić information content (AvgIpc) is 2.32. The van der Waals surface area contributed by atoms with Crippen LogP contribution in [-0.2, 0) is 9.53 Å². The van der Waals surface area contributed by atoms with Crippen molar-refractivity contribution in [1.29, 1.82) is 0 Å². The molecule has 3 atom stereocenters. The van der Waals surface area contributed by atoms with Crippen LogP contribution in [-0.4, -0.2) is 35.2 Å². The van der Waals surface area contributed by atoms with Crippen molar-refractivity contribution in [3.8, 4) is 0 Å². The van der Waals surface area contributed by atoms with Crippen LogP contribution in [0.25, 0.3) is 0 Å². The van der Waals surface area contributed by atoms with Crippen molar-refractivity contribution in [2.45, 2.75) is 65.2 Å². The van der Waals surface area contributed by atoms with Crippen molar-refractivity contribution >= 4 is 12.4 Å².